The van der Waals surface area contributed by atoms with Gasteiger partial charge in [-0.05, 0) is 31.7 Å². The molecule has 1 aromatic heterocycles. The number of ether oxygens (including phenoxy) is 3. The fourth-order valence-corrected chi connectivity index (χ4v) is 3.90. The van der Waals surface area contributed by atoms with Crippen LogP contribution < -0.4 is 14.8 Å². The highest BCUT2D eigenvalue weighted by Gasteiger charge is 2.31. The number of amides is 1. The van der Waals surface area contributed by atoms with Gasteiger partial charge in [0.05, 0.1) is 20.3 Å². The summed E-state index contributed by atoms with van der Waals surface area (Å²) >= 11 is 0. The van der Waals surface area contributed by atoms with Crippen LogP contribution in [0.3, 0.4) is 0 Å². The zero-order chi connectivity index (χ0) is 20.1. The summed E-state index contributed by atoms with van der Waals surface area (Å²) in [7, 11) is 6.85. The van der Waals surface area contributed by atoms with E-state index in [1.54, 1.807) is 27.5 Å². The Balaban J connectivity index is 1.90. The Hall–Kier alpha value is -2.54. The Morgan fingerprint density at radius 2 is 1.93 bits per heavy atom. The molecule has 0 saturated heterocycles. The summed E-state index contributed by atoms with van der Waals surface area (Å²) in [6.07, 6.45) is 7.32. The molecule has 2 aromatic rings. The quantitative estimate of drug-likeness (QED) is 0.791. The van der Waals surface area contributed by atoms with E-state index in [0.29, 0.717) is 11.5 Å². The maximum Gasteiger partial charge on any atom is 0.223 e. The van der Waals surface area contributed by atoms with Crippen LogP contribution in [0.4, 0.5) is 0 Å². The monoisotopic (exact) mass is 387 g/mol. The van der Waals surface area contributed by atoms with E-state index in [0.717, 1.165) is 37.1 Å². The predicted molar refractivity (Wildman–Crippen MR) is 105 cm³/mol. The lowest BCUT2D eigenvalue weighted by Crippen LogP contribution is -2.38. The van der Waals surface area contributed by atoms with Crippen LogP contribution in [0.2, 0.25) is 0 Å². The third-order valence-electron chi connectivity index (χ3n) is 5.53. The molecule has 7 nitrogen and oxygen atoms in total. The molecule has 0 spiro atoms. The lowest BCUT2D eigenvalue weighted by molar-refractivity contribution is -0.127. The van der Waals surface area contributed by atoms with Gasteiger partial charge in [0.15, 0.2) is 11.5 Å². The Bertz CT molecular complexity index is 797. The fraction of sp³-hybridized carbons (Fsp3) is 0.524. The highest BCUT2D eigenvalue weighted by Crippen LogP contribution is 2.37. The van der Waals surface area contributed by atoms with Crippen molar-refractivity contribution in [3.63, 3.8) is 0 Å². The zero-order valence-electron chi connectivity index (χ0n) is 17.0. The van der Waals surface area contributed by atoms with Gasteiger partial charge in [0.1, 0.15) is 11.9 Å². The third-order valence-corrected chi connectivity index (χ3v) is 5.53. The predicted octanol–water partition coefficient (Wildman–Crippen LogP) is 2.85. The van der Waals surface area contributed by atoms with Crippen LogP contribution in [0.5, 0.6) is 11.5 Å². The summed E-state index contributed by atoms with van der Waals surface area (Å²) in [5.41, 5.74) is 0.815. The second kappa shape index (κ2) is 9.10. The summed E-state index contributed by atoms with van der Waals surface area (Å²) < 4.78 is 18.4. The maximum atomic E-state index is 13.1. The van der Waals surface area contributed by atoms with Gasteiger partial charge in [0, 0.05) is 38.0 Å². The normalized spacial score (nSPS) is 20.4. The first kappa shape index (κ1) is 20.2. The van der Waals surface area contributed by atoms with Gasteiger partial charge in [-0.25, -0.2) is 4.98 Å². The molecule has 1 unspecified atom stereocenters. The minimum Gasteiger partial charge on any atom is -0.493 e. The first-order valence-electron chi connectivity index (χ1n) is 9.60. The average Bonchev–Trinajstić information content (AvgIpc) is 3.16. The van der Waals surface area contributed by atoms with Crippen molar-refractivity contribution in [2.24, 2.45) is 13.0 Å². The number of para-hydroxylation sites is 1. The Labute approximate surface area is 166 Å². The Morgan fingerprint density at radius 1 is 1.18 bits per heavy atom. The lowest BCUT2D eigenvalue weighted by atomic mass is 9.86. The van der Waals surface area contributed by atoms with Crippen molar-refractivity contribution < 1.29 is 19.0 Å². The molecule has 1 saturated carbocycles. The average molecular weight is 387 g/mol. The molecule has 1 atom stereocenters. The van der Waals surface area contributed by atoms with Crippen LogP contribution in [0.1, 0.15) is 43.1 Å². The molecule has 0 aliphatic heterocycles. The zero-order valence-corrected chi connectivity index (χ0v) is 17.0. The van der Waals surface area contributed by atoms with Gasteiger partial charge < -0.3 is 24.1 Å². The number of nitrogens with zero attached hydrogens (tertiary/aromatic N) is 2. The molecular weight excluding hydrogens is 358 g/mol. The number of aryl methyl sites for hydroxylation is 1. The van der Waals surface area contributed by atoms with Crippen molar-refractivity contribution in [1.82, 2.24) is 14.9 Å². The molecule has 1 N–H and O–H groups in total. The second-order valence-corrected chi connectivity index (χ2v) is 7.13. The van der Waals surface area contributed by atoms with Gasteiger partial charge in [-0.1, -0.05) is 12.1 Å². The SMILES string of the molecule is COc1cccc(C(NC(=O)C2CCC(OC)CC2)c2nccn2C)c1OC. The van der Waals surface area contributed by atoms with Gasteiger partial charge >= 0.3 is 0 Å². The van der Waals surface area contributed by atoms with Crippen molar-refractivity contribution in [2.45, 2.75) is 37.8 Å². The first-order chi connectivity index (χ1) is 13.6. The smallest absolute Gasteiger partial charge is 0.223 e. The van der Waals surface area contributed by atoms with Crippen molar-refractivity contribution >= 4 is 5.91 Å². The number of nitrogens with one attached hydrogen (secondary N) is 1. The molecule has 0 radical (unpaired) electrons. The summed E-state index contributed by atoms with van der Waals surface area (Å²) in [5, 5.41) is 3.21. The van der Waals surface area contributed by atoms with Gasteiger partial charge in [0.25, 0.3) is 0 Å². The van der Waals surface area contributed by atoms with Crippen molar-refractivity contribution in [2.75, 3.05) is 21.3 Å². The Morgan fingerprint density at radius 3 is 2.50 bits per heavy atom. The van der Waals surface area contributed by atoms with Crippen LogP contribution in [0, 0.1) is 5.92 Å². The number of hydrogen-bond acceptors (Lipinski definition) is 5. The van der Waals surface area contributed by atoms with Crippen molar-refractivity contribution in [3.05, 3.63) is 42.0 Å². The van der Waals surface area contributed by atoms with E-state index in [9.17, 15) is 4.79 Å². The molecule has 0 bridgehead atoms. The summed E-state index contributed by atoms with van der Waals surface area (Å²) in [5.74, 6) is 1.97. The number of aromatic nitrogens is 2. The maximum absolute atomic E-state index is 13.1. The molecule has 1 aromatic carbocycles. The molecule has 3 rings (SSSR count). The lowest BCUT2D eigenvalue weighted by Gasteiger charge is -2.29. The van der Waals surface area contributed by atoms with Crippen LogP contribution in [0.15, 0.2) is 30.6 Å². The molecule has 1 heterocycles. The number of benzene rings is 1. The van der Waals surface area contributed by atoms with E-state index in [1.165, 1.54) is 0 Å². The van der Waals surface area contributed by atoms with E-state index in [2.05, 4.69) is 10.3 Å². The van der Waals surface area contributed by atoms with E-state index in [-0.39, 0.29) is 17.9 Å². The van der Waals surface area contributed by atoms with E-state index >= 15 is 0 Å². The molecular formula is C21H29N3O4. The standard InChI is InChI=1S/C21H29N3O4/c1-24-13-12-22-20(24)18(16-6-5-7-17(27-3)19(16)28-4)23-21(25)14-8-10-15(26-2)11-9-14/h5-7,12-15,18H,8-11H2,1-4H3,(H,23,25). The summed E-state index contributed by atoms with van der Waals surface area (Å²) in [4.78, 5) is 17.6. The highest BCUT2D eigenvalue weighted by atomic mass is 16.5. The second-order valence-electron chi connectivity index (χ2n) is 7.13. The number of imidazole rings is 1. The third kappa shape index (κ3) is 4.14. The largest absolute Gasteiger partial charge is 0.493 e. The van der Waals surface area contributed by atoms with Crippen LogP contribution >= 0.6 is 0 Å². The molecule has 1 amide bonds. The minimum atomic E-state index is -0.433. The van der Waals surface area contributed by atoms with Crippen LogP contribution in [-0.2, 0) is 16.6 Å². The van der Waals surface area contributed by atoms with Gasteiger partial charge in [-0.2, -0.15) is 0 Å². The number of rotatable bonds is 7. The fourth-order valence-electron chi connectivity index (χ4n) is 3.90. The molecule has 28 heavy (non-hydrogen) atoms. The molecule has 1 aliphatic rings. The van der Waals surface area contributed by atoms with Crippen molar-refractivity contribution in [3.8, 4) is 11.5 Å². The van der Waals surface area contributed by atoms with Gasteiger partial charge in [-0.15, -0.1) is 0 Å². The number of hydrogen-bond donors (Lipinski definition) is 1. The van der Waals surface area contributed by atoms with E-state index < -0.39 is 6.04 Å². The van der Waals surface area contributed by atoms with Crippen LogP contribution in [-0.4, -0.2) is 42.9 Å². The molecule has 152 valence electrons. The van der Waals surface area contributed by atoms with E-state index in [1.807, 2.05) is 36.0 Å². The summed E-state index contributed by atoms with van der Waals surface area (Å²) in [6, 6.07) is 5.23. The molecule has 7 heteroatoms. The van der Waals surface area contributed by atoms with E-state index in [4.69, 9.17) is 14.2 Å². The number of carbonyl (C=O) groups excluding carboxylic acids is 1. The summed E-state index contributed by atoms with van der Waals surface area (Å²) in [6.45, 7) is 0. The topological polar surface area (TPSA) is 74.6 Å². The molecule has 1 fully saturated rings. The highest BCUT2D eigenvalue weighted by molar-refractivity contribution is 5.79. The molecule has 1 aliphatic carbocycles. The minimum absolute atomic E-state index is 0.0224. The number of methoxy groups -OCH3 is 3. The van der Waals surface area contributed by atoms with Crippen LogP contribution in [0.25, 0.3) is 0 Å². The van der Waals surface area contributed by atoms with Gasteiger partial charge in [0.2, 0.25) is 5.91 Å². The van der Waals surface area contributed by atoms with Crippen molar-refractivity contribution in [1.29, 1.82) is 0 Å². The Kier molecular flexibility index (Phi) is 6.57. The first-order valence-corrected chi connectivity index (χ1v) is 9.60. The number of carbonyl (C=O) groups is 1. The van der Waals surface area contributed by atoms with Gasteiger partial charge in [-0.3, -0.25) is 4.79 Å².